The Morgan fingerprint density at radius 2 is 1.76 bits per heavy atom. The van der Waals surface area contributed by atoms with Gasteiger partial charge in [0.15, 0.2) is 0 Å². The molecule has 0 atom stereocenters. The van der Waals surface area contributed by atoms with Crippen molar-refractivity contribution in [1.82, 2.24) is 10.3 Å². The highest BCUT2D eigenvalue weighted by Gasteiger charge is 2.01. The summed E-state index contributed by atoms with van der Waals surface area (Å²) in [6.07, 6.45) is 3.84. The summed E-state index contributed by atoms with van der Waals surface area (Å²) in [5.74, 6) is 0. The Kier molecular flexibility index (Phi) is 4.46. The quantitative estimate of drug-likeness (QED) is 0.523. The first kappa shape index (κ1) is 14.0. The molecule has 2 nitrogen and oxygen atoms in total. The second-order valence-corrected chi connectivity index (χ2v) is 5.59. The molecular weight excluding hydrogens is 256 g/mol. The van der Waals surface area contributed by atoms with Crippen molar-refractivity contribution in [3.05, 3.63) is 54.1 Å². The molecule has 0 aliphatic carbocycles. The van der Waals surface area contributed by atoms with Crippen LogP contribution < -0.4 is 5.32 Å². The van der Waals surface area contributed by atoms with Crippen LogP contribution in [0.4, 0.5) is 0 Å². The third-order valence-corrected chi connectivity index (χ3v) is 3.87. The number of unbranched alkanes of at least 4 members (excludes halogenated alkanes) is 2. The number of hydrogen-bond donors (Lipinski definition) is 1. The fraction of sp³-hybridized carbons (Fsp3) is 0.316. The standard InChI is InChI=1S/C19H22N2/c1-2-3-6-11-20-14-15-9-10-19-17(12-15)13-16-7-4-5-8-18(16)21-19/h4-5,7-10,12-13,20H,2-3,6,11,14H2,1H3. The largest absolute Gasteiger partial charge is 0.313 e. The van der Waals surface area contributed by atoms with Gasteiger partial charge in [-0.15, -0.1) is 0 Å². The van der Waals surface area contributed by atoms with E-state index in [9.17, 15) is 0 Å². The van der Waals surface area contributed by atoms with Gasteiger partial charge in [0.05, 0.1) is 11.0 Å². The number of benzene rings is 2. The van der Waals surface area contributed by atoms with Crippen LogP contribution in [-0.2, 0) is 6.54 Å². The third kappa shape index (κ3) is 3.40. The van der Waals surface area contributed by atoms with Crippen molar-refractivity contribution in [2.45, 2.75) is 32.7 Å². The lowest BCUT2D eigenvalue weighted by Crippen LogP contribution is -2.14. The molecule has 1 N–H and O–H groups in total. The molecule has 0 aliphatic rings. The molecule has 1 aromatic heterocycles. The maximum absolute atomic E-state index is 4.72. The lowest BCUT2D eigenvalue weighted by molar-refractivity contribution is 0.617. The molecule has 0 aliphatic heterocycles. The first-order valence-electron chi connectivity index (χ1n) is 7.86. The van der Waals surface area contributed by atoms with Crippen LogP contribution in [0.3, 0.4) is 0 Å². The summed E-state index contributed by atoms with van der Waals surface area (Å²) < 4.78 is 0. The van der Waals surface area contributed by atoms with E-state index in [1.165, 1.54) is 35.6 Å². The molecule has 2 aromatic carbocycles. The first-order valence-corrected chi connectivity index (χ1v) is 7.86. The van der Waals surface area contributed by atoms with Crippen molar-refractivity contribution in [2.24, 2.45) is 0 Å². The van der Waals surface area contributed by atoms with E-state index < -0.39 is 0 Å². The minimum atomic E-state index is 0.937. The van der Waals surface area contributed by atoms with Gasteiger partial charge in [-0.25, -0.2) is 4.98 Å². The summed E-state index contributed by atoms with van der Waals surface area (Å²) >= 11 is 0. The molecule has 0 spiro atoms. The minimum absolute atomic E-state index is 0.937. The second-order valence-electron chi connectivity index (χ2n) is 5.59. The van der Waals surface area contributed by atoms with Crippen molar-refractivity contribution in [3.8, 4) is 0 Å². The van der Waals surface area contributed by atoms with E-state index in [-0.39, 0.29) is 0 Å². The lowest BCUT2D eigenvalue weighted by atomic mass is 10.1. The molecule has 2 heteroatoms. The molecule has 0 saturated heterocycles. The van der Waals surface area contributed by atoms with Crippen LogP contribution in [-0.4, -0.2) is 11.5 Å². The van der Waals surface area contributed by atoms with Crippen LogP contribution in [0.1, 0.15) is 31.7 Å². The molecule has 108 valence electrons. The molecule has 0 bridgehead atoms. The number of hydrogen-bond acceptors (Lipinski definition) is 2. The van der Waals surface area contributed by atoms with E-state index in [1.807, 2.05) is 6.07 Å². The maximum atomic E-state index is 4.72. The molecule has 0 unspecified atom stereocenters. The van der Waals surface area contributed by atoms with Crippen molar-refractivity contribution in [1.29, 1.82) is 0 Å². The van der Waals surface area contributed by atoms with E-state index in [0.717, 1.165) is 24.1 Å². The third-order valence-electron chi connectivity index (χ3n) is 3.87. The van der Waals surface area contributed by atoms with Gasteiger partial charge in [0.1, 0.15) is 0 Å². The number of fused-ring (bicyclic) bond motifs is 2. The number of aromatic nitrogens is 1. The van der Waals surface area contributed by atoms with Gasteiger partial charge in [-0.05, 0) is 42.8 Å². The Balaban J connectivity index is 1.77. The van der Waals surface area contributed by atoms with E-state index in [0.29, 0.717) is 0 Å². The van der Waals surface area contributed by atoms with Gasteiger partial charge in [-0.1, -0.05) is 44.0 Å². The molecule has 1 heterocycles. The van der Waals surface area contributed by atoms with Crippen molar-refractivity contribution in [3.63, 3.8) is 0 Å². The van der Waals surface area contributed by atoms with E-state index in [4.69, 9.17) is 4.98 Å². The average Bonchev–Trinajstić information content (AvgIpc) is 2.52. The molecular formula is C19H22N2. The Labute approximate surface area is 126 Å². The van der Waals surface area contributed by atoms with Crippen LogP contribution in [0.15, 0.2) is 48.5 Å². The van der Waals surface area contributed by atoms with Crippen molar-refractivity contribution >= 4 is 21.8 Å². The Bertz CT molecular complexity index is 734. The van der Waals surface area contributed by atoms with Gasteiger partial charge in [-0.2, -0.15) is 0 Å². The Hall–Kier alpha value is -1.93. The Morgan fingerprint density at radius 1 is 0.905 bits per heavy atom. The topological polar surface area (TPSA) is 24.9 Å². The zero-order chi connectivity index (χ0) is 14.5. The summed E-state index contributed by atoms with van der Waals surface area (Å²) in [6.45, 7) is 4.27. The number of nitrogens with one attached hydrogen (secondary N) is 1. The molecule has 0 radical (unpaired) electrons. The molecule has 3 rings (SSSR count). The SMILES string of the molecule is CCCCCNCc1ccc2nc3ccccc3cc2c1. The van der Waals surface area contributed by atoms with Crippen LogP contribution in [0.2, 0.25) is 0 Å². The molecule has 0 amide bonds. The fourth-order valence-corrected chi connectivity index (χ4v) is 2.67. The number of pyridine rings is 1. The average molecular weight is 278 g/mol. The van der Waals surface area contributed by atoms with Crippen molar-refractivity contribution in [2.75, 3.05) is 6.54 Å². The van der Waals surface area contributed by atoms with E-state index in [1.54, 1.807) is 0 Å². The summed E-state index contributed by atoms with van der Waals surface area (Å²) in [4.78, 5) is 4.72. The summed E-state index contributed by atoms with van der Waals surface area (Å²) in [5, 5.41) is 5.95. The highest BCUT2D eigenvalue weighted by Crippen LogP contribution is 2.20. The highest BCUT2D eigenvalue weighted by atomic mass is 14.8. The number of nitrogens with zero attached hydrogens (tertiary/aromatic N) is 1. The predicted octanol–water partition coefficient (Wildman–Crippen LogP) is 4.67. The summed E-state index contributed by atoms with van der Waals surface area (Å²) in [6, 6.07) is 17.1. The highest BCUT2D eigenvalue weighted by molar-refractivity contribution is 5.92. The zero-order valence-corrected chi connectivity index (χ0v) is 12.6. The van der Waals surface area contributed by atoms with Gasteiger partial charge in [0, 0.05) is 17.3 Å². The monoisotopic (exact) mass is 278 g/mol. The molecule has 3 aromatic rings. The normalized spacial score (nSPS) is 11.3. The lowest BCUT2D eigenvalue weighted by Gasteiger charge is -2.07. The van der Waals surface area contributed by atoms with Crippen LogP contribution in [0.5, 0.6) is 0 Å². The first-order chi connectivity index (χ1) is 10.4. The van der Waals surface area contributed by atoms with Gasteiger partial charge < -0.3 is 5.32 Å². The van der Waals surface area contributed by atoms with Crippen LogP contribution in [0, 0.1) is 0 Å². The number of para-hydroxylation sites is 1. The smallest absolute Gasteiger partial charge is 0.0709 e. The summed E-state index contributed by atoms with van der Waals surface area (Å²) in [7, 11) is 0. The molecule has 0 fully saturated rings. The van der Waals surface area contributed by atoms with Crippen LogP contribution in [0.25, 0.3) is 21.8 Å². The second kappa shape index (κ2) is 6.68. The zero-order valence-electron chi connectivity index (χ0n) is 12.6. The number of rotatable bonds is 6. The minimum Gasteiger partial charge on any atom is -0.313 e. The van der Waals surface area contributed by atoms with E-state index in [2.05, 4.69) is 54.7 Å². The fourth-order valence-electron chi connectivity index (χ4n) is 2.67. The van der Waals surface area contributed by atoms with Crippen molar-refractivity contribution < 1.29 is 0 Å². The van der Waals surface area contributed by atoms with Gasteiger partial charge in [0.2, 0.25) is 0 Å². The Morgan fingerprint density at radius 3 is 2.67 bits per heavy atom. The summed E-state index contributed by atoms with van der Waals surface area (Å²) in [5.41, 5.74) is 3.47. The predicted molar refractivity (Wildman–Crippen MR) is 90.5 cm³/mol. The van der Waals surface area contributed by atoms with Gasteiger partial charge in [-0.3, -0.25) is 0 Å². The van der Waals surface area contributed by atoms with Gasteiger partial charge >= 0.3 is 0 Å². The molecule has 21 heavy (non-hydrogen) atoms. The molecule has 0 saturated carbocycles. The van der Waals surface area contributed by atoms with E-state index >= 15 is 0 Å². The maximum Gasteiger partial charge on any atom is 0.0709 e. The van der Waals surface area contributed by atoms with Crippen LogP contribution >= 0.6 is 0 Å². The van der Waals surface area contributed by atoms with Gasteiger partial charge in [0.25, 0.3) is 0 Å².